The second-order valence-corrected chi connectivity index (χ2v) is 18.1. The zero-order chi connectivity index (χ0) is 50.3. The summed E-state index contributed by atoms with van der Waals surface area (Å²) in [6.07, 6.45) is -20.5. The topological polar surface area (TPSA) is 38.0 Å². The second kappa shape index (κ2) is 17.5. The molecule has 0 aliphatic carbocycles. The van der Waals surface area contributed by atoms with Crippen LogP contribution in [-0.2, 0) is 43.2 Å². The lowest BCUT2D eigenvalue weighted by molar-refractivity contribution is -0.162. The monoisotopic (exact) mass is 1050 g/mol. The molecule has 0 saturated carbocycles. The third-order valence-electron chi connectivity index (χ3n) is 13.2. The van der Waals surface area contributed by atoms with E-state index in [1.165, 1.54) is 121 Å². The van der Waals surface area contributed by atoms with Crippen molar-refractivity contribution in [2.75, 3.05) is 5.33 Å². The first-order chi connectivity index (χ1) is 33.8. The molecule has 71 heavy (non-hydrogen) atoms. The van der Waals surface area contributed by atoms with Crippen LogP contribution in [0.25, 0.3) is 16.7 Å². The van der Waals surface area contributed by atoms with E-state index < -0.39 is 92.8 Å². The zero-order valence-corrected chi connectivity index (χ0v) is 38.4. The highest BCUT2D eigenvalue weighted by Gasteiger charge is 2.58. The van der Waals surface area contributed by atoms with Gasteiger partial charge in [0.15, 0.2) is 0 Å². The van der Waals surface area contributed by atoms with Crippen molar-refractivity contribution in [1.29, 1.82) is 0 Å². The molecule has 6 heterocycles. The Bertz CT molecular complexity index is 3410. The number of hydrogen-bond donors (Lipinski definition) is 1. The summed E-state index contributed by atoms with van der Waals surface area (Å²) in [7, 11) is 0. The van der Waals surface area contributed by atoms with Gasteiger partial charge in [-0.05, 0) is 65.8 Å². The number of H-pyrrole nitrogens is 1. The van der Waals surface area contributed by atoms with Crippen LogP contribution in [0.1, 0.15) is 86.5 Å². The Hall–Kier alpha value is -6.75. The summed E-state index contributed by atoms with van der Waals surface area (Å²) in [4.78, 5) is 7.85. The molecule has 1 N–H and O–H groups in total. The molecule has 0 amide bonds. The van der Waals surface area contributed by atoms with E-state index in [1.54, 1.807) is 24.3 Å². The van der Waals surface area contributed by atoms with E-state index in [2.05, 4.69) is 20.9 Å². The first-order valence-corrected chi connectivity index (χ1v) is 23.4. The standard InChI is InChI=1S/C54H37BrF12N4/c55-28-14-30-70-46-39(31-15-5-1-6-16-31)35-23-24-36(68-35)40(32-17-7-2-8-18-32)48-44(53(62,63)64)45(54(65,66)67)49-50(27-13-29-71(48)49,34-21-11-4-12-22-34)38-26-25-37(69-38)41(33-19-9-3-10-20-33)47(70)43(52(59,60)61)42(46)51(56,57)58/h1-12,15-26,68H,13-14,27-30H2/b39-35-,40-36-,41-37-/t50-/m0/s1. The van der Waals surface area contributed by atoms with E-state index in [4.69, 9.17) is 4.99 Å². The number of aromatic nitrogens is 3. The van der Waals surface area contributed by atoms with Crippen LogP contribution in [-0.4, -0.2) is 25.2 Å². The molecular weight excluding hydrogens is 1010 g/mol. The lowest BCUT2D eigenvalue weighted by Crippen LogP contribution is -2.43. The number of aromatic amines is 1. The van der Waals surface area contributed by atoms with E-state index in [9.17, 15) is 0 Å². The number of alkyl halides is 13. The molecule has 7 aromatic rings. The number of hydrogen-bond acceptors (Lipinski definition) is 1. The van der Waals surface area contributed by atoms with Crippen LogP contribution in [0.3, 0.4) is 0 Å². The second-order valence-electron chi connectivity index (χ2n) is 17.3. The van der Waals surface area contributed by atoms with E-state index in [0.717, 1.165) is 9.13 Å². The average molecular weight is 1050 g/mol. The molecule has 4 nitrogen and oxygen atoms in total. The average Bonchev–Trinajstić information content (AvgIpc) is 4.15. The highest BCUT2D eigenvalue weighted by molar-refractivity contribution is 9.09. The lowest BCUT2D eigenvalue weighted by Gasteiger charge is -2.40. The normalized spacial score (nSPS) is 19.9. The molecule has 3 aliphatic rings. The summed E-state index contributed by atoms with van der Waals surface area (Å²) in [5, 5.41) is -0.382. The number of benzene rings is 4. The lowest BCUT2D eigenvalue weighted by atomic mass is 9.67. The molecule has 3 aromatic heterocycles. The molecule has 10 bridgehead atoms. The predicted octanol–water partition coefficient (Wildman–Crippen LogP) is 13.8. The Balaban J connectivity index is 1.57. The zero-order valence-electron chi connectivity index (χ0n) is 36.9. The van der Waals surface area contributed by atoms with Gasteiger partial charge < -0.3 is 14.1 Å². The molecule has 0 radical (unpaired) electrons. The Morgan fingerprint density at radius 1 is 0.521 bits per heavy atom. The molecule has 17 heteroatoms. The number of allylic oxidation sites excluding steroid dienone is 2. The highest BCUT2D eigenvalue weighted by atomic mass is 79.9. The SMILES string of the molecule is FC(F)(F)c1c(C(F)(F)F)c2n(CCCBr)c1/C(c1ccccc1)=C1/C=CC(=N1)[C@@]1(c3ccccc3)CCCn3c(c(C(F)(F)F)c(C(F)(F)F)c31)/C(c1ccccc1)=c1/cc/c([nH]1)=C/2c1ccccc1. The Kier molecular flexibility index (Phi) is 11.8. The third kappa shape index (κ3) is 8.00. The van der Waals surface area contributed by atoms with Crippen LogP contribution in [0.4, 0.5) is 52.7 Å². The van der Waals surface area contributed by atoms with Crippen molar-refractivity contribution in [3.05, 3.63) is 229 Å². The highest BCUT2D eigenvalue weighted by Crippen LogP contribution is 2.57. The van der Waals surface area contributed by atoms with Crippen molar-refractivity contribution >= 4 is 38.4 Å². The Labute approximate surface area is 405 Å². The first kappa shape index (κ1) is 47.9. The van der Waals surface area contributed by atoms with Gasteiger partial charge >= 0.3 is 24.7 Å². The molecule has 0 unspecified atom stereocenters. The van der Waals surface area contributed by atoms with Crippen LogP contribution in [0.2, 0.25) is 0 Å². The van der Waals surface area contributed by atoms with Crippen molar-refractivity contribution in [3.63, 3.8) is 0 Å². The maximum Gasteiger partial charge on any atom is 0.419 e. The van der Waals surface area contributed by atoms with Gasteiger partial charge in [0.2, 0.25) is 0 Å². The van der Waals surface area contributed by atoms with Crippen molar-refractivity contribution in [2.24, 2.45) is 4.99 Å². The van der Waals surface area contributed by atoms with E-state index in [-0.39, 0.29) is 81.1 Å². The van der Waals surface area contributed by atoms with Crippen LogP contribution in [0.5, 0.6) is 0 Å². The van der Waals surface area contributed by atoms with E-state index in [1.807, 2.05) is 0 Å². The number of rotatable bonds is 7. The number of nitrogens with zero attached hydrogens (tertiary/aromatic N) is 3. The van der Waals surface area contributed by atoms with Gasteiger partial charge in [0.1, 0.15) is 0 Å². The van der Waals surface area contributed by atoms with Gasteiger partial charge in [-0.25, -0.2) is 0 Å². The minimum absolute atomic E-state index is 0.00468. The number of fused-ring (bicyclic) bond motifs is 6. The fourth-order valence-electron chi connectivity index (χ4n) is 10.7. The van der Waals surface area contributed by atoms with Crippen LogP contribution in [0.15, 0.2) is 156 Å². The van der Waals surface area contributed by atoms with E-state index in [0.29, 0.717) is 0 Å². The smallest absolute Gasteiger partial charge is 0.354 e. The van der Waals surface area contributed by atoms with Gasteiger partial charge in [-0.1, -0.05) is 137 Å². The number of halogens is 13. The summed E-state index contributed by atoms with van der Waals surface area (Å²) < 4.78 is 197. The minimum Gasteiger partial charge on any atom is -0.354 e. The van der Waals surface area contributed by atoms with Crippen LogP contribution in [0, 0.1) is 0 Å². The number of nitrogens with one attached hydrogen (secondary N) is 1. The van der Waals surface area contributed by atoms with Crippen LogP contribution < -0.4 is 10.7 Å². The van der Waals surface area contributed by atoms with Crippen molar-refractivity contribution < 1.29 is 52.7 Å². The largest absolute Gasteiger partial charge is 0.419 e. The molecular formula is C54H37BrF12N4. The maximum atomic E-state index is 16.3. The molecule has 1 atom stereocenters. The summed E-state index contributed by atoms with van der Waals surface area (Å²) in [6.45, 7) is -0.776. The third-order valence-corrected chi connectivity index (χ3v) is 13.8. The molecule has 0 fully saturated rings. The fourth-order valence-corrected chi connectivity index (χ4v) is 11.0. The molecule has 3 aliphatic heterocycles. The molecule has 0 spiro atoms. The van der Waals surface area contributed by atoms with Gasteiger partial charge in [-0.2, -0.15) is 52.7 Å². The van der Waals surface area contributed by atoms with Crippen molar-refractivity contribution in [2.45, 2.75) is 62.5 Å². The summed E-state index contributed by atoms with van der Waals surface area (Å²) in [6, 6.07) is 31.8. The van der Waals surface area contributed by atoms with E-state index >= 15 is 52.7 Å². The van der Waals surface area contributed by atoms with Gasteiger partial charge in [0.05, 0.1) is 56.2 Å². The van der Waals surface area contributed by atoms with Gasteiger partial charge in [-0.3, -0.25) is 4.99 Å². The van der Waals surface area contributed by atoms with Crippen LogP contribution >= 0.6 is 15.9 Å². The maximum absolute atomic E-state index is 16.3. The molecule has 0 saturated heterocycles. The fraction of sp³-hybridized carbons (Fsp3) is 0.204. The summed E-state index contributed by atoms with van der Waals surface area (Å²) in [5.74, 6) is 0. The summed E-state index contributed by atoms with van der Waals surface area (Å²) >= 11 is 3.32. The quantitative estimate of drug-likeness (QED) is 0.122. The number of aliphatic imine (C=N–C) groups is 1. The predicted molar refractivity (Wildman–Crippen MR) is 249 cm³/mol. The summed E-state index contributed by atoms with van der Waals surface area (Å²) in [5.41, 5.74) is -15.4. The molecule has 364 valence electrons. The van der Waals surface area contributed by atoms with Crippen molar-refractivity contribution in [1.82, 2.24) is 14.1 Å². The molecule has 10 rings (SSSR count). The van der Waals surface area contributed by atoms with Gasteiger partial charge in [0, 0.05) is 51.5 Å². The van der Waals surface area contributed by atoms with Crippen molar-refractivity contribution in [3.8, 4) is 0 Å². The van der Waals surface area contributed by atoms with Gasteiger partial charge in [-0.15, -0.1) is 0 Å². The molecule has 4 aromatic carbocycles. The Morgan fingerprint density at radius 3 is 1.44 bits per heavy atom. The van der Waals surface area contributed by atoms with Gasteiger partial charge in [0.25, 0.3) is 0 Å². The Morgan fingerprint density at radius 2 is 0.958 bits per heavy atom. The first-order valence-electron chi connectivity index (χ1n) is 22.3. The minimum atomic E-state index is -5.70.